The van der Waals surface area contributed by atoms with Crippen molar-refractivity contribution < 1.29 is 62.3 Å². The molecule has 0 aromatic carbocycles. The van der Waals surface area contributed by atoms with Crippen molar-refractivity contribution in [2.24, 2.45) is 5.73 Å². The monoisotopic (exact) mass is 367 g/mol. The maximum absolute atomic E-state index is 10.8. The largest absolute Gasteiger partial charge is 1.00 e. The zero-order valence-corrected chi connectivity index (χ0v) is 19.7. The van der Waals surface area contributed by atoms with Crippen molar-refractivity contribution >= 4 is 5.97 Å². The van der Waals surface area contributed by atoms with Crippen LogP contribution in [0.15, 0.2) is 0 Å². The Kier molecular flexibility index (Phi) is 27.4. The molecular formula is C20H42KNO2. The van der Waals surface area contributed by atoms with Crippen molar-refractivity contribution in [3.8, 4) is 0 Å². The van der Waals surface area contributed by atoms with Gasteiger partial charge in [-0.2, -0.15) is 0 Å². The van der Waals surface area contributed by atoms with Gasteiger partial charge in [0.2, 0.25) is 0 Å². The zero-order valence-electron chi connectivity index (χ0n) is 17.6. The van der Waals surface area contributed by atoms with E-state index in [2.05, 4.69) is 6.92 Å². The van der Waals surface area contributed by atoms with Gasteiger partial charge < -0.3 is 11.9 Å². The first-order chi connectivity index (χ1) is 11.3. The van der Waals surface area contributed by atoms with Crippen LogP contribution in [0, 0.1) is 0 Å². The maximum Gasteiger partial charge on any atom is 1.00 e. The van der Waals surface area contributed by atoms with E-state index in [1.807, 2.05) is 0 Å². The standard InChI is InChI=1S/C20H41NO2.K.H/c1-2-3-4-5-6-7-8-9-10-11-12-13-14-15-16-17-18-23-20(22)19-21;;/h2-19,21H2,1H3;;/q;+1;-1. The Morgan fingerprint density at radius 1 is 0.708 bits per heavy atom. The molecule has 0 bridgehead atoms. The van der Waals surface area contributed by atoms with Gasteiger partial charge in [0.25, 0.3) is 0 Å². The molecule has 0 atom stereocenters. The Balaban J connectivity index is -0.00000242. The fourth-order valence-corrected chi connectivity index (χ4v) is 2.90. The molecule has 24 heavy (non-hydrogen) atoms. The molecule has 0 aromatic heterocycles. The van der Waals surface area contributed by atoms with Gasteiger partial charge in [-0.05, 0) is 6.42 Å². The van der Waals surface area contributed by atoms with Crippen LogP contribution in [0.2, 0.25) is 0 Å². The number of ether oxygens (including phenoxy) is 1. The summed E-state index contributed by atoms with van der Waals surface area (Å²) >= 11 is 0. The van der Waals surface area contributed by atoms with E-state index >= 15 is 0 Å². The number of hydrogen-bond acceptors (Lipinski definition) is 3. The maximum atomic E-state index is 10.8. The molecule has 0 rings (SSSR count). The summed E-state index contributed by atoms with van der Waals surface area (Å²) in [5, 5.41) is 0. The van der Waals surface area contributed by atoms with Crippen molar-refractivity contribution in [3.63, 3.8) is 0 Å². The van der Waals surface area contributed by atoms with Crippen molar-refractivity contribution in [1.82, 2.24) is 0 Å². The minimum Gasteiger partial charge on any atom is -1.00 e. The average molecular weight is 368 g/mol. The Morgan fingerprint density at radius 3 is 1.38 bits per heavy atom. The van der Waals surface area contributed by atoms with E-state index in [1.165, 1.54) is 89.9 Å². The molecule has 0 aliphatic carbocycles. The molecule has 0 spiro atoms. The number of esters is 1. The van der Waals surface area contributed by atoms with Gasteiger partial charge in [-0.25, -0.2) is 0 Å². The second-order valence-corrected chi connectivity index (χ2v) is 6.73. The van der Waals surface area contributed by atoms with E-state index in [9.17, 15) is 4.79 Å². The fourth-order valence-electron chi connectivity index (χ4n) is 2.90. The summed E-state index contributed by atoms with van der Waals surface area (Å²) in [6, 6.07) is 0. The predicted octanol–water partition coefficient (Wildman–Crippen LogP) is 2.87. The number of hydrogen-bond donors (Lipinski definition) is 1. The van der Waals surface area contributed by atoms with Gasteiger partial charge in [0.05, 0.1) is 13.2 Å². The van der Waals surface area contributed by atoms with E-state index in [1.54, 1.807) is 0 Å². The van der Waals surface area contributed by atoms with Crippen LogP contribution in [0.5, 0.6) is 0 Å². The summed E-state index contributed by atoms with van der Waals surface area (Å²) < 4.78 is 4.95. The molecule has 2 N–H and O–H groups in total. The topological polar surface area (TPSA) is 52.3 Å². The van der Waals surface area contributed by atoms with Crippen LogP contribution in [0.3, 0.4) is 0 Å². The van der Waals surface area contributed by atoms with Gasteiger partial charge in [0, 0.05) is 0 Å². The van der Waals surface area contributed by atoms with Crippen molar-refractivity contribution in [1.29, 1.82) is 0 Å². The van der Waals surface area contributed by atoms with E-state index in [4.69, 9.17) is 10.5 Å². The third-order valence-corrected chi connectivity index (χ3v) is 4.43. The molecule has 0 aromatic rings. The molecule has 140 valence electrons. The SMILES string of the molecule is CCCCCCCCCCCCCCCCCCOC(=O)CN.[H-].[K+]. The van der Waals surface area contributed by atoms with E-state index in [-0.39, 0.29) is 65.3 Å². The molecule has 0 aliphatic rings. The van der Waals surface area contributed by atoms with Gasteiger partial charge in [0.15, 0.2) is 0 Å². The Morgan fingerprint density at radius 2 is 1.04 bits per heavy atom. The summed E-state index contributed by atoms with van der Waals surface area (Å²) in [7, 11) is 0. The smallest absolute Gasteiger partial charge is 1.00 e. The summed E-state index contributed by atoms with van der Waals surface area (Å²) in [6.45, 7) is 2.81. The molecule has 0 saturated heterocycles. The summed E-state index contributed by atoms with van der Waals surface area (Å²) in [5.74, 6) is -0.286. The first kappa shape index (κ1) is 27.3. The minimum atomic E-state index is -0.286. The van der Waals surface area contributed by atoms with E-state index in [0.717, 1.165) is 12.8 Å². The minimum absolute atomic E-state index is 0. The molecule has 4 heteroatoms. The third-order valence-electron chi connectivity index (χ3n) is 4.43. The molecular weight excluding hydrogens is 325 g/mol. The number of unbranched alkanes of at least 4 members (excludes halogenated alkanes) is 15. The number of rotatable bonds is 18. The molecule has 0 amide bonds. The fraction of sp³-hybridized carbons (Fsp3) is 0.950. The Hall–Kier alpha value is 1.07. The van der Waals surface area contributed by atoms with E-state index < -0.39 is 0 Å². The summed E-state index contributed by atoms with van der Waals surface area (Å²) in [6.07, 6.45) is 21.7. The van der Waals surface area contributed by atoms with Crippen LogP contribution in [0.1, 0.15) is 111 Å². The van der Waals surface area contributed by atoms with Crippen molar-refractivity contribution in [2.45, 2.75) is 110 Å². The summed E-state index contributed by atoms with van der Waals surface area (Å²) in [4.78, 5) is 10.8. The van der Waals surface area contributed by atoms with Crippen molar-refractivity contribution in [3.05, 3.63) is 0 Å². The molecule has 0 saturated carbocycles. The van der Waals surface area contributed by atoms with Crippen LogP contribution in [-0.2, 0) is 9.53 Å². The zero-order chi connectivity index (χ0) is 17.0. The number of carbonyl (C=O) groups is 1. The average Bonchev–Trinajstić information content (AvgIpc) is 2.57. The third kappa shape index (κ3) is 23.1. The van der Waals surface area contributed by atoms with E-state index in [0.29, 0.717) is 6.61 Å². The molecule has 3 nitrogen and oxygen atoms in total. The molecule has 0 heterocycles. The molecule has 0 fully saturated rings. The first-order valence-electron chi connectivity index (χ1n) is 10.2. The second-order valence-electron chi connectivity index (χ2n) is 6.73. The van der Waals surface area contributed by atoms with Gasteiger partial charge in [0.1, 0.15) is 0 Å². The Labute approximate surface area is 195 Å². The van der Waals surface area contributed by atoms with Gasteiger partial charge in [-0.15, -0.1) is 0 Å². The first-order valence-corrected chi connectivity index (χ1v) is 10.2. The van der Waals surface area contributed by atoms with Crippen LogP contribution < -0.4 is 57.1 Å². The summed E-state index contributed by atoms with van der Waals surface area (Å²) in [5.41, 5.74) is 5.17. The van der Waals surface area contributed by atoms with Crippen LogP contribution >= 0.6 is 0 Å². The van der Waals surface area contributed by atoms with Crippen molar-refractivity contribution in [2.75, 3.05) is 13.2 Å². The molecule has 0 radical (unpaired) electrons. The quantitative estimate of drug-likeness (QED) is 0.230. The van der Waals surface area contributed by atoms with Gasteiger partial charge in [-0.3, -0.25) is 4.79 Å². The van der Waals surface area contributed by atoms with Crippen LogP contribution in [0.4, 0.5) is 0 Å². The van der Waals surface area contributed by atoms with Crippen LogP contribution in [-0.4, -0.2) is 19.1 Å². The van der Waals surface area contributed by atoms with Crippen LogP contribution in [0.25, 0.3) is 0 Å². The number of nitrogens with two attached hydrogens (primary N) is 1. The normalized spacial score (nSPS) is 10.4. The predicted molar refractivity (Wildman–Crippen MR) is 101 cm³/mol. The Bertz CT molecular complexity index is 256. The van der Waals surface area contributed by atoms with Gasteiger partial charge in [-0.1, -0.05) is 103 Å². The molecule has 0 unspecified atom stereocenters. The number of carbonyl (C=O) groups excluding carboxylic acids is 1. The second kappa shape index (κ2) is 24.1. The van der Waals surface area contributed by atoms with Gasteiger partial charge >= 0.3 is 57.4 Å². The molecule has 0 aliphatic heterocycles.